The first kappa shape index (κ1) is 19.0. The van der Waals surface area contributed by atoms with Gasteiger partial charge in [-0.25, -0.2) is 4.98 Å². The van der Waals surface area contributed by atoms with Crippen molar-refractivity contribution < 1.29 is 9.21 Å². The maximum atomic E-state index is 12.1. The maximum Gasteiger partial charge on any atom is 0.220 e. The Morgan fingerprint density at radius 3 is 2.48 bits per heavy atom. The summed E-state index contributed by atoms with van der Waals surface area (Å²) in [6.45, 7) is 0.508. The quantitative estimate of drug-likeness (QED) is 0.660. The van der Waals surface area contributed by atoms with Gasteiger partial charge in [0.2, 0.25) is 5.91 Å². The van der Waals surface area contributed by atoms with Crippen LogP contribution in [0.4, 0.5) is 5.69 Å². The minimum Gasteiger partial charge on any atom is -0.441 e. The number of halogens is 1. The molecule has 3 aromatic rings. The van der Waals surface area contributed by atoms with Gasteiger partial charge in [-0.2, -0.15) is 0 Å². The number of aryl methyl sites for hydroxylation is 1. The molecular weight excluding hydrogens is 362 g/mol. The van der Waals surface area contributed by atoms with Crippen LogP contribution in [0.1, 0.15) is 17.9 Å². The van der Waals surface area contributed by atoms with Crippen LogP contribution in [0.15, 0.2) is 59.1 Å². The Kier molecular flexibility index (Phi) is 6.14. The fourth-order valence-corrected chi connectivity index (χ4v) is 2.72. The molecule has 0 saturated carbocycles. The largest absolute Gasteiger partial charge is 0.441 e. The van der Waals surface area contributed by atoms with Gasteiger partial charge in [0.25, 0.3) is 0 Å². The number of nitrogens with zero attached hydrogens (tertiary/aromatic N) is 2. The molecule has 0 atom stereocenters. The molecule has 140 valence electrons. The van der Waals surface area contributed by atoms with Crippen LogP contribution in [0.5, 0.6) is 0 Å². The molecule has 1 heterocycles. The molecule has 0 bridgehead atoms. The van der Waals surface area contributed by atoms with Crippen molar-refractivity contribution in [3.63, 3.8) is 0 Å². The predicted molar refractivity (Wildman–Crippen MR) is 108 cm³/mol. The van der Waals surface area contributed by atoms with Crippen molar-refractivity contribution in [2.75, 3.05) is 19.0 Å². The third-order valence-electron chi connectivity index (χ3n) is 4.19. The van der Waals surface area contributed by atoms with Crippen LogP contribution in [0, 0.1) is 0 Å². The Hall–Kier alpha value is -2.79. The summed E-state index contributed by atoms with van der Waals surface area (Å²) >= 11 is 5.89. The topological polar surface area (TPSA) is 58.4 Å². The number of rotatable bonds is 7. The number of hydrogen-bond acceptors (Lipinski definition) is 4. The van der Waals surface area contributed by atoms with E-state index < -0.39 is 0 Å². The third kappa shape index (κ3) is 5.34. The number of nitrogens with one attached hydrogen (secondary N) is 1. The molecule has 27 heavy (non-hydrogen) atoms. The van der Waals surface area contributed by atoms with E-state index in [1.807, 2.05) is 55.4 Å². The Morgan fingerprint density at radius 1 is 1.11 bits per heavy atom. The van der Waals surface area contributed by atoms with Gasteiger partial charge in [-0.05, 0) is 42.0 Å². The van der Waals surface area contributed by atoms with Crippen molar-refractivity contribution >= 4 is 23.2 Å². The monoisotopic (exact) mass is 383 g/mol. The number of aromatic nitrogens is 1. The summed E-state index contributed by atoms with van der Waals surface area (Å²) in [4.78, 5) is 18.4. The van der Waals surface area contributed by atoms with Gasteiger partial charge in [0.15, 0.2) is 11.7 Å². The summed E-state index contributed by atoms with van der Waals surface area (Å²) < 4.78 is 5.72. The minimum absolute atomic E-state index is 0.0297. The van der Waals surface area contributed by atoms with E-state index in [9.17, 15) is 4.79 Å². The van der Waals surface area contributed by atoms with E-state index in [0.29, 0.717) is 36.1 Å². The summed E-state index contributed by atoms with van der Waals surface area (Å²) in [6, 6.07) is 15.5. The molecule has 5 nitrogen and oxygen atoms in total. The van der Waals surface area contributed by atoms with Gasteiger partial charge in [-0.15, -0.1) is 0 Å². The lowest BCUT2D eigenvalue weighted by atomic mass is 10.2. The zero-order valence-electron chi connectivity index (χ0n) is 15.4. The van der Waals surface area contributed by atoms with Crippen LogP contribution in [0.3, 0.4) is 0 Å². The molecule has 0 radical (unpaired) electrons. The summed E-state index contributed by atoms with van der Waals surface area (Å²) in [5.74, 6) is 1.19. The second kappa shape index (κ2) is 8.73. The molecule has 2 aromatic carbocycles. The van der Waals surface area contributed by atoms with Crippen molar-refractivity contribution in [2.24, 2.45) is 0 Å². The highest BCUT2D eigenvalue weighted by atomic mass is 35.5. The SMILES string of the molecule is CN(C)c1ccc(CNC(=O)CCc2ncc(-c3ccc(Cl)cc3)o2)cc1. The summed E-state index contributed by atoms with van der Waals surface area (Å²) in [5.41, 5.74) is 3.10. The van der Waals surface area contributed by atoms with E-state index in [1.165, 1.54) is 0 Å². The van der Waals surface area contributed by atoms with Gasteiger partial charge in [-0.1, -0.05) is 23.7 Å². The Balaban J connectivity index is 1.47. The molecule has 0 saturated heterocycles. The highest BCUT2D eigenvalue weighted by Gasteiger charge is 2.09. The first-order valence-electron chi connectivity index (χ1n) is 8.75. The number of oxazole rings is 1. The standard InChI is InChI=1S/C21H22ClN3O2/c1-25(2)18-9-3-15(4-10-18)13-23-20(26)11-12-21-24-14-19(27-21)16-5-7-17(22)8-6-16/h3-10,14H,11-13H2,1-2H3,(H,23,26). The highest BCUT2D eigenvalue weighted by molar-refractivity contribution is 6.30. The van der Waals surface area contributed by atoms with E-state index in [0.717, 1.165) is 16.8 Å². The van der Waals surface area contributed by atoms with Crippen molar-refractivity contribution in [1.82, 2.24) is 10.3 Å². The number of carbonyl (C=O) groups excluding carboxylic acids is 1. The molecule has 1 aromatic heterocycles. The van der Waals surface area contributed by atoms with Gasteiger partial charge in [0, 0.05) is 49.8 Å². The molecule has 0 aliphatic heterocycles. The molecule has 0 aliphatic rings. The third-order valence-corrected chi connectivity index (χ3v) is 4.44. The molecule has 0 spiro atoms. The molecule has 1 amide bonds. The van der Waals surface area contributed by atoms with Crippen LogP contribution in [0.2, 0.25) is 5.02 Å². The first-order chi connectivity index (χ1) is 13.0. The van der Waals surface area contributed by atoms with E-state index in [2.05, 4.69) is 10.3 Å². The highest BCUT2D eigenvalue weighted by Crippen LogP contribution is 2.22. The second-order valence-corrected chi connectivity index (χ2v) is 6.90. The molecule has 6 heteroatoms. The Labute approximate surface area is 164 Å². The van der Waals surface area contributed by atoms with E-state index in [1.54, 1.807) is 18.3 Å². The maximum absolute atomic E-state index is 12.1. The van der Waals surface area contributed by atoms with Gasteiger partial charge >= 0.3 is 0 Å². The molecule has 0 unspecified atom stereocenters. The molecule has 0 aliphatic carbocycles. The Bertz CT molecular complexity index is 887. The van der Waals surface area contributed by atoms with Crippen LogP contribution in [0.25, 0.3) is 11.3 Å². The molecular formula is C21H22ClN3O2. The van der Waals surface area contributed by atoms with Gasteiger partial charge in [0.05, 0.1) is 6.20 Å². The molecule has 3 rings (SSSR count). The van der Waals surface area contributed by atoms with Gasteiger partial charge in [0.1, 0.15) is 0 Å². The zero-order chi connectivity index (χ0) is 19.2. The van der Waals surface area contributed by atoms with Crippen molar-refractivity contribution in [3.05, 3.63) is 71.2 Å². The van der Waals surface area contributed by atoms with Crippen molar-refractivity contribution in [3.8, 4) is 11.3 Å². The van der Waals surface area contributed by atoms with Crippen LogP contribution in [-0.4, -0.2) is 25.0 Å². The second-order valence-electron chi connectivity index (χ2n) is 6.46. The number of anilines is 1. The number of carbonyl (C=O) groups is 1. The summed E-state index contributed by atoms with van der Waals surface area (Å²) in [5, 5.41) is 3.60. The normalized spacial score (nSPS) is 10.6. The number of amides is 1. The van der Waals surface area contributed by atoms with E-state index in [-0.39, 0.29) is 5.91 Å². The van der Waals surface area contributed by atoms with Crippen LogP contribution >= 0.6 is 11.6 Å². The van der Waals surface area contributed by atoms with Gasteiger partial charge in [-0.3, -0.25) is 4.79 Å². The molecule has 0 fully saturated rings. The fraction of sp³-hybridized carbons (Fsp3) is 0.238. The molecule has 1 N–H and O–H groups in total. The lowest BCUT2D eigenvalue weighted by Crippen LogP contribution is -2.23. The zero-order valence-corrected chi connectivity index (χ0v) is 16.2. The lowest BCUT2D eigenvalue weighted by Gasteiger charge is -2.12. The number of hydrogen-bond donors (Lipinski definition) is 1. The minimum atomic E-state index is -0.0297. The number of benzene rings is 2. The average molecular weight is 384 g/mol. The van der Waals surface area contributed by atoms with Gasteiger partial charge < -0.3 is 14.6 Å². The summed E-state index contributed by atoms with van der Waals surface area (Å²) in [6.07, 6.45) is 2.46. The fourth-order valence-electron chi connectivity index (χ4n) is 2.59. The van der Waals surface area contributed by atoms with E-state index >= 15 is 0 Å². The smallest absolute Gasteiger partial charge is 0.220 e. The predicted octanol–water partition coefficient (Wildman–Crippen LogP) is 4.31. The van der Waals surface area contributed by atoms with E-state index in [4.69, 9.17) is 16.0 Å². The van der Waals surface area contributed by atoms with Crippen molar-refractivity contribution in [2.45, 2.75) is 19.4 Å². The van der Waals surface area contributed by atoms with Crippen molar-refractivity contribution in [1.29, 1.82) is 0 Å². The van der Waals surface area contributed by atoms with Crippen LogP contribution in [-0.2, 0) is 17.8 Å². The Morgan fingerprint density at radius 2 is 1.81 bits per heavy atom. The first-order valence-corrected chi connectivity index (χ1v) is 9.12. The van der Waals surface area contributed by atoms with Crippen LogP contribution < -0.4 is 10.2 Å². The summed E-state index contributed by atoms with van der Waals surface area (Å²) in [7, 11) is 4.00. The lowest BCUT2D eigenvalue weighted by molar-refractivity contribution is -0.121. The average Bonchev–Trinajstić information content (AvgIpc) is 3.14.